The van der Waals surface area contributed by atoms with Crippen molar-refractivity contribution in [3.8, 4) is 5.69 Å². The molecular formula is C13H16ClN3. The molecule has 1 heterocycles. The molecule has 2 aromatic rings. The van der Waals surface area contributed by atoms with Gasteiger partial charge in [0.25, 0.3) is 0 Å². The van der Waals surface area contributed by atoms with Crippen molar-refractivity contribution in [2.24, 2.45) is 0 Å². The lowest BCUT2D eigenvalue weighted by Crippen LogP contribution is -2.10. The largest absolute Gasteiger partial charge is 0.319 e. The Balaban J connectivity index is 2.29. The van der Waals surface area contributed by atoms with Crippen molar-refractivity contribution in [3.05, 3.63) is 47.0 Å². The summed E-state index contributed by atoms with van der Waals surface area (Å²) in [7, 11) is 1.95. The van der Waals surface area contributed by atoms with E-state index in [9.17, 15) is 0 Å². The molecule has 2 rings (SSSR count). The molecule has 0 radical (unpaired) electrons. The van der Waals surface area contributed by atoms with E-state index in [0.29, 0.717) is 0 Å². The van der Waals surface area contributed by atoms with Gasteiger partial charge in [-0.3, -0.25) is 0 Å². The highest BCUT2D eigenvalue weighted by Crippen LogP contribution is 2.23. The molecule has 0 fully saturated rings. The maximum absolute atomic E-state index is 6.30. The van der Waals surface area contributed by atoms with E-state index >= 15 is 0 Å². The third-order valence-electron chi connectivity index (χ3n) is 2.76. The van der Waals surface area contributed by atoms with Crippen LogP contribution in [0.5, 0.6) is 0 Å². The minimum Gasteiger partial charge on any atom is -0.319 e. The summed E-state index contributed by atoms with van der Waals surface area (Å²) in [5, 5.41) is 3.89. The maximum atomic E-state index is 6.30. The zero-order valence-electron chi connectivity index (χ0n) is 10.1. The molecule has 0 spiro atoms. The minimum atomic E-state index is 0.764. The minimum absolute atomic E-state index is 0.764. The van der Waals surface area contributed by atoms with E-state index in [4.69, 9.17) is 11.6 Å². The fourth-order valence-corrected chi connectivity index (χ4v) is 2.10. The number of hydrogen-bond acceptors (Lipinski definition) is 2. The summed E-state index contributed by atoms with van der Waals surface area (Å²) in [6.07, 6.45) is 4.68. The number of rotatable bonds is 4. The number of aryl methyl sites for hydroxylation is 1. The van der Waals surface area contributed by atoms with Crippen LogP contribution in [0.25, 0.3) is 5.69 Å². The normalized spacial score (nSPS) is 10.8. The third-order valence-corrected chi connectivity index (χ3v) is 3.06. The predicted molar refractivity (Wildman–Crippen MR) is 70.9 cm³/mol. The van der Waals surface area contributed by atoms with Crippen molar-refractivity contribution in [2.45, 2.75) is 13.3 Å². The Bertz CT molecular complexity index is 505. The highest BCUT2D eigenvalue weighted by Gasteiger charge is 2.06. The lowest BCUT2D eigenvalue weighted by atomic mass is 10.1. The van der Waals surface area contributed by atoms with Gasteiger partial charge in [0.05, 0.1) is 10.7 Å². The van der Waals surface area contributed by atoms with Gasteiger partial charge < -0.3 is 9.88 Å². The Morgan fingerprint density at radius 3 is 2.82 bits per heavy atom. The van der Waals surface area contributed by atoms with E-state index in [0.717, 1.165) is 29.5 Å². The van der Waals surface area contributed by atoms with Crippen molar-refractivity contribution in [3.63, 3.8) is 0 Å². The van der Waals surface area contributed by atoms with Gasteiger partial charge in [-0.1, -0.05) is 17.7 Å². The summed E-state index contributed by atoms with van der Waals surface area (Å²) in [5.41, 5.74) is 2.22. The standard InChI is InChI=1S/C13H16ClN3/c1-10-16-7-8-17(10)13-4-3-11(5-6-15-2)9-12(13)14/h3-4,7-9,15H,5-6H2,1-2H3. The van der Waals surface area contributed by atoms with Crippen molar-refractivity contribution in [1.82, 2.24) is 14.9 Å². The molecule has 0 saturated carbocycles. The van der Waals surface area contributed by atoms with Crippen LogP contribution < -0.4 is 5.32 Å². The summed E-state index contributed by atoms with van der Waals surface area (Å²) >= 11 is 6.30. The molecular weight excluding hydrogens is 234 g/mol. The first-order chi connectivity index (χ1) is 8.22. The van der Waals surface area contributed by atoms with Gasteiger partial charge in [0, 0.05) is 12.4 Å². The fourth-order valence-electron chi connectivity index (χ4n) is 1.80. The number of aromatic nitrogens is 2. The summed E-state index contributed by atoms with van der Waals surface area (Å²) in [6, 6.07) is 6.17. The number of nitrogens with one attached hydrogen (secondary N) is 1. The van der Waals surface area contributed by atoms with Gasteiger partial charge in [0.15, 0.2) is 0 Å². The van der Waals surface area contributed by atoms with E-state index < -0.39 is 0 Å². The first-order valence-corrected chi connectivity index (χ1v) is 6.03. The van der Waals surface area contributed by atoms with Crippen LogP contribution in [-0.4, -0.2) is 23.1 Å². The zero-order chi connectivity index (χ0) is 12.3. The van der Waals surface area contributed by atoms with E-state index in [2.05, 4.69) is 16.4 Å². The van der Waals surface area contributed by atoms with Gasteiger partial charge in [0.2, 0.25) is 0 Å². The van der Waals surface area contributed by atoms with Gasteiger partial charge >= 0.3 is 0 Å². The summed E-state index contributed by atoms with van der Waals surface area (Å²) in [5.74, 6) is 0.940. The van der Waals surface area contributed by atoms with Crippen LogP contribution in [0.2, 0.25) is 5.02 Å². The van der Waals surface area contributed by atoms with Gasteiger partial charge in [-0.25, -0.2) is 4.98 Å². The Kier molecular flexibility index (Phi) is 3.82. The molecule has 0 atom stereocenters. The van der Waals surface area contributed by atoms with E-state index in [1.54, 1.807) is 6.20 Å². The molecule has 0 aliphatic heterocycles. The van der Waals surface area contributed by atoms with Crippen LogP contribution >= 0.6 is 11.6 Å². The van der Waals surface area contributed by atoms with E-state index in [1.807, 2.05) is 36.9 Å². The molecule has 0 amide bonds. The molecule has 0 bridgehead atoms. The van der Waals surface area contributed by atoms with Crippen LogP contribution in [0, 0.1) is 6.92 Å². The van der Waals surface area contributed by atoms with Crippen molar-refractivity contribution in [2.75, 3.05) is 13.6 Å². The van der Waals surface area contributed by atoms with Gasteiger partial charge in [0.1, 0.15) is 5.82 Å². The molecule has 0 aliphatic rings. The van der Waals surface area contributed by atoms with Crippen LogP contribution in [0.4, 0.5) is 0 Å². The first-order valence-electron chi connectivity index (χ1n) is 5.65. The average Bonchev–Trinajstić information content (AvgIpc) is 2.73. The van der Waals surface area contributed by atoms with Crippen molar-refractivity contribution < 1.29 is 0 Å². The Morgan fingerprint density at radius 2 is 2.24 bits per heavy atom. The quantitative estimate of drug-likeness (QED) is 0.903. The van der Waals surface area contributed by atoms with Gasteiger partial charge in [-0.05, 0) is 44.6 Å². The molecule has 0 saturated heterocycles. The monoisotopic (exact) mass is 249 g/mol. The summed E-state index contributed by atoms with van der Waals surface area (Å²) in [6.45, 7) is 2.92. The van der Waals surface area contributed by atoms with Crippen molar-refractivity contribution >= 4 is 11.6 Å². The second kappa shape index (κ2) is 5.34. The second-order valence-corrected chi connectivity index (χ2v) is 4.39. The first kappa shape index (κ1) is 12.1. The molecule has 17 heavy (non-hydrogen) atoms. The molecule has 4 heteroatoms. The highest BCUT2D eigenvalue weighted by atomic mass is 35.5. The molecule has 1 N–H and O–H groups in total. The summed E-state index contributed by atoms with van der Waals surface area (Å²) in [4.78, 5) is 4.20. The topological polar surface area (TPSA) is 29.9 Å². The number of nitrogens with zero attached hydrogens (tertiary/aromatic N) is 2. The van der Waals surface area contributed by atoms with Gasteiger partial charge in [-0.15, -0.1) is 0 Å². The number of hydrogen-bond donors (Lipinski definition) is 1. The maximum Gasteiger partial charge on any atom is 0.110 e. The van der Waals surface area contributed by atoms with Crippen LogP contribution in [0.1, 0.15) is 11.4 Å². The molecule has 1 aromatic heterocycles. The summed E-state index contributed by atoms with van der Waals surface area (Å²) < 4.78 is 1.99. The number of likely N-dealkylation sites (N-methyl/N-ethyl adjacent to an activating group) is 1. The average molecular weight is 250 g/mol. The lowest BCUT2D eigenvalue weighted by Gasteiger charge is -2.09. The van der Waals surface area contributed by atoms with E-state index in [-0.39, 0.29) is 0 Å². The Labute approximate surface area is 106 Å². The molecule has 3 nitrogen and oxygen atoms in total. The Morgan fingerprint density at radius 1 is 1.41 bits per heavy atom. The smallest absolute Gasteiger partial charge is 0.110 e. The zero-order valence-corrected chi connectivity index (χ0v) is 10.8. The van der Waals surface area contributed by atoms with Gasteiger partial charge in [-0.2, -0.15) is 0 Å². The number of benzene rings is 1. The second-order valence-electron chi connectivity index (χ2n) is 3.98. The SMILES string of the molecule is CNCCc1ccc(-n2ccnc2C)c(Cl)c1. The van der Waals surface area contributed by atoms with Crippen LogP contribution in [0.3, 0.4) is 0 Å². The van der Waals surface area contributed by atoms with Crippen molar-refractivity contribution in [1.29, 1.82) is 0 Å². The third kappa shape index (κ3) is 2.68. The molecule has 90 valence electrons. The van der Waals surface area contributed by atoms with E-state index in [1.165, 1.54) is 5.56 Å². The number of halogens is 1. The number of imidazole rings is 1. The molecule has 1 aromatic carbocycles. The lowest BCUT2D eigenvalue weighted by molar-refractivity contribution is 0.791. The Hall–Kier alpha value is -1.32. The molecule has 0 unspecified atom stereocenters. The molecule has 0 aliphatic carbocycles. The predicted octanol–water partition coefficient (Wildman–Crippen LogP) is 2.60. The highest BCUT2D eigenvalue weighted by molar-refractivity contribution is 6.32. The van der Waals surface area contributed by atoms with Crippen LogP contribution in [0.15, 0.2) is 30.6 Å². The van der Waals surface area contributed by atoms with Crippen LogP contribution in [-0.2, 0) is 6.42 Å². The fraction of sp³-hybridized carbons (Fsp3) is 0.308.